The molecule has 11 heavy (non-hydrogen) atoms. The highest BCUT2D eigenvalue weighted by atomic mass is 32.2. The van der Waals surface area contributed by atoms with Crippen molar-refractivity contribution >= 4 is 17.7 Å². The minimum absolute atomic E-state index is 0.205. The number of carbonyl (C=O) groups is 1. The third-order valence-electron chi connectivity index (χ3n) is 1.97. The van der Waals surface area contributed by atoms with Gasteiger partial charge in [0.1, 0.15) is 0 Å². The van der Waals surface area contributed by atoms with E-state index in [1.165, 1.54) is 12.8 Å². The highest BCUT2D eigenvalue weighted by molar-refractivity contribution is 8.01. The van der Waals surface area contributed by atoms with Crippen LogP contribution in [-0.4, -0.2) is 16.4 Å². The molecule has 1 fully saturated rings. The molecule has 0 atom stereocenters. The van der Waals surface area contributed by atoms with Gasteiger partial charge in [0.25, 0.3) is 0 Å². The summed E-state index contributed by atoms with van der Waals surface area (Å²) in [6.45, 7) is 3.78. The number of nitrogens with two attached hydrogens (primary N) is 1. The lowest BCUT2D eigenvalue weighted by atomic mass is 10.2. The molecule has 64 valence electrons. The average molecular weight is 173 g/mol. The summed E-state index contributed by atoms with van der Waals surface area (Å²) >= 11 is 1.68. The van der Waals surface area contributed by atoms with Gasteiger partial charge in [-0.05, 0) is 38.4 Å². The Bertz CT molecular complexity index is 163. The molecule has 0 aromatic rings. The summed E-state index contributed by atoms with van der Waals surface area (Å²) in [5.41, 5.74) is 5.22. The number of hydrogen-bond donors (Lipinski definition) is 1. The van der Waals surface area contributed by atoms with Crippen molar-refractivity contribution in [3.8, 4) is 0 Å². The van der Waals surface area contributed by atoms with E-state index in [2.05, 4.69) is 0 Å². The first kappa shape index (κ1) is 8.91. The van der Waals surface area contributed by atoms with E-state index in [1.807, 2.05) is 13.8 Å². The van der Waals surface area contributed by atoms with Gasteiger partial charge in [-0.2, -0.15) is 0 Å². The zero-order chi connectivity index (χ0) is 8.48. The van der Waals surface area contributed by atoms with Crippen LogP contribution in [0.2, 0.25) is 0 Å². The lowest BCUT2D eigenvalue weighted by molar-refractivity contribution is -0.119. The minimum Gasteiger partial charge on any atom is -0.368 e. The normalized spacial score (nSPS) is 18.4. The van der Waals surface area contributed by atoms with Gasteiger partial charge in [0.2, 0.25) is 5.91 Å². The van der Waals surface area contributed by atoms with E-state index in [9.17, 15) is 4.79 Å². The van der Waals surface area contributed by atoms with E-state index in [0.29, 0.717) is 0 Å². The van der Waals surface area contributed by atoms with Crippen LogP contribution in [0.5, 0.6) is 0 Å². The van der Waals surface area contributed by atoms with Crippen molar-refractivity contribution in [2.75, 3.05) is 5.75 Å². The van der Waals surface area contributed by atoms with Gasteiger partial charge in [0, 0.05) is 0 Å². The van der Waals surface area contributed by atoms with Crippen molar-refractivity contribution < 1.29 is 4.79 Å². The summed E-state index contributed by atoms with van der Waals surface area (Å²) in [6, 6.07) is 0. The molecule has 3 heteroatoms. The third-order valence-corrected chi connectivity index (χ3v) is 3.53. The fraction of sp³-hybridized carbons (Fsp3) is 0.875. The number of hydrogen-bond acceptors (Lipinski definition) is 2. The zero-order valence-electron chi connectivity index (χ0n) is 7.09. The molecule has 0 unspecified atom stereocenters. The van der Waals surface area contributed by atoms with Crippen LogP contribution in [0.15, 0.2) is 0 Å². The first-order valence-corrected chi connectivity index (χ1v) is 4.95. The van der Waals surface area contributed by atoms with Crippen molar-refractivity contribution in [1.82, 2.24) is 0 Å². The first-order valence-electron chi connectivity index (χ1n) is 3.96. The van der Waals surface area contributed by atoms with Crippen LogP contribution in [0.25, 0.3) is 0 Å². The van der Waals surface area contributed by atoms with E-state index in [0.717, 1.165) is 11.7 Å². The zero-order valence-corrected chi connectivity index (χ0v) is 7.91. The summed E-state index contributed by atoms with van der Waals surface area (Å²) in [7, 11) is 0. The number of carbonyl (C=O) groups excluding carboxylic acids is 1. The molecule has 0 radical (unpaired) electrons. The molecule has 1 aliphatic rings. The quantitative estimate of drug-likeness (QED) is 0.698. The molecule has 1 amide bonds. The van der Waals surface area contributed by atoms with E-state index in [-0.39, 0.29) is 10.7 Å². The maximum Gasteiger partial charge on any atom is 0.233 e. The van der Waals surface area contributed by atoms with Crippen LogP contribution in [0.1, 0.15) is 26.7 Å². The van der Waals surface area contributed by atoms with Crippen molar-refractivity contribution in [2.45, 2.75) is 31.4 Å². The molecule has 0 spiro atoms. The highest BCUT2D eigenvalue weighted by Gasteiger charge is 2.29. The van der Waals surface area contributed by atoms with Gasteiger partial charge in [0.15, 0.2) is 0 Å². The third kappa shape index (κ3) is 2.73. The Morgan fingerprint density at radius 2 is 2.18 bits per heavy atom. The average Bonchev–Trinajstić information content (AvgIpc) is 2.65. The molecule has 1 rings (SSSR count). The topological polar surface area (TPSA) is 43.1 Å². The van der Waals surface area contributed by atoms with Crippen LogP contribution < -0.4 is 5.73 Å². The lowest BCUT2D eigenvalue weighted by Crippen LogP contribution is -2.35. The molecule has 0 aromatic heterocycles. The second-order valence-corrected chi connectivity index (χ2v) is 5.27. The van der Waals surface area contributed by atoms with E-state index in [4.69, 9.17) is 5.73 Å². The molecule has 0 bridgehead atoms. The molecular formula is C8H15NOS. The molecule has 1 saturated carbocycles. The number of primary amides is 1. The Morgan fingerprint density at radius 3 is 2.55 bits per heavy atom. The van der Waals surface area contributed by atoms with Gasteiger partial charge in [-0.3, -0.25) is 4.79 Å². The van der Waals surface area contributed by atoms with E-state index < -0.39 is 0 Å². The first-order chi connectivity index (χ1) is 5.02. The van der Waals surface area contributed by atoms with Gasteiger partial charge in [0.05, 0.1) is 4.75 Å². The molecule has 2 N–H and O–H groups in total. The monoisotopic (exact) mass is 173 g/mol. The summed E-state index contributed by atoms with van der Waals surface area (Å²) in [6.07, 6.45) is 2.67. The Morgan fingerprint density at radius 1 is 1.64 bits per heavy atom. The number of amides is 1. The standard InChI is InChI=1S/C8H15NOS/c1-8(2,7(9)10)11-5-6-3-4-6/h6H,3-5H2,1-2H3,(H2,9,10). The molecular weight excluding hydrogens is 158 g/mol. The van der Waals surface area contributed by atoms with Crippen LogP contribution in [0.3, 0.4) is 0 Å². The Kier molecular flexibility index (Phi) is 2.47. The van der Waals surface area contributed by atoms with E-state index in [1.54, 1.807) is 11.8 Å². The maximum absolute atomic E-state index is 10.9. The molecule has 0 aliphatic heterocycles. The molecule has 1 aliphatic carbocycles. The van der Waals surface area contributed by atoms with Gasteiger partial charge in [-0.15, -0.1) is 11.8 Å². The van der Waals surface area contributed by atoms with Gasteiger partial charge < -0.3 is 5.73 Å². The fourth-order valence-corrected chi connectivity index (χ4v) is 1.81. The lowest BCUT2D eigenvalue weighted by Gasteiger charge is -2.19. The van der Waals surface area contributed by atoms with Gasteiger partial charge in [-0.1, -0.05) is 0 Å². The molecule has 0 aromatic carbocycles. The highest BCUT2D eigenvalue weighted by Crippen LogP contribution is 2.36. The largest absolute Gasteiger partial charge is 0.368 e. The maximum atomic E-state index is 10.9. The van der Waals surface area contributed by atoms with Gasteiger partial charge in [-0.25, -0.2) is 0 Å². The molecule has 2 nitrogen and oxygen atoms in total. The Balaban J connectivity index is 2.26. The van der Waals surface area contributed by atoms with Crippen molar-refractivity contribution in [2.24, 2.45) is 11.7 Å². The predicted molar refractivity (Wildman–Crippen MR) is 48.5 cm³/mol. The summed E-state index contributed by atoms with van der Waals surface area (Å²) in [5.74, 6) is 1.75. The van der Waals surface area contributed by atoms with Crippen LogP contribution >= 0.6 is 11.8 Å². The second kappa shape index (κ2) is 3.05. The summed E-state index contributed by atoms with van der Waals surface area (Å²) in [4.78, 5) is 10.9. The number of thioether (sulfide) groups is 1. The van der Waals surface area contributed by atoms with Crippen LogP contribution in [0.4, 0.5) is 0 Å². The van der Waals surface area contributed by atoms with Crippen molar-refractivity contribution in [3.63, 3.8) is 0 Å². The Hall–Kier alpha value is -0.180. The summed E-state index contributed by atoms with van der Waals surface area (Å²) < 4.78 is -0.372. The van der Waals surface area contributed by atoms with Crippen molar-refractivity contribution in [3.05, 3.63) is 0 Å². The fourth-order valence-electron chi connectivity index (χ4n) is 0.682. The molecule has 0 heterocycles. The number of rotatable bonds is 4. The van der Waals surface area contributed by atoms with Crippen LogP contribution in [-0.2, 0) is 4.79 Å². The SMILES string of the molecule is CC(C)(SCC1CC1)C(N)=O. The molecule has 0 saturated heterocycles. The predicted octanol–water partition coefficient (Wildman–Crippen LogP) is 1.39. The van der Waals surface area contributed by atoms with Gasteiger partial charge >= 0.3 is 0 Å². The van der Waals surface area contributed by atoms with Crippen molar-refractivity contribution in [1.29, 1.82) is 0 Å². The summed E-state index contributed by atoms with van der Waals surface area (Å²) in [5, 5.41) is 0. The van der Waals surface area contributed by atoms with E-state index >= 15 is 0 Å². The van der Waals surface area contributed by atoms with Crippen LogP contribution in [0, 0.1) is 5.92 Å². The smallest absolute Gasteiger partial charge is 0.233 e. The minimum atomic E-state index is -0.372. The second-order valence-electron chi connectivity index (χ2n) is 3.63. The Labute approximate surface area is 71.9 Å².